The number of allylic oxidation sites excluding steroid dienone is 9. The lowest BCUT2D eigenvalue weighted by molar-refractivity contribution is -0.302. The van der Waals surface area contributed by atoms with Crippen molar-refractivity contribution in [3.05, 3.63) is 60.8 Å². The third-order valence-electron chi connectivity index (χ3n) is 10.4. The summed E-state index contributed by atoms with van der Waals surface area (Å²) in [6.45, 7) is 3.52. The Balaban J connectivity index is 2.49. The van der Waals surface area contributed by atoms with Crippen LogP contribution in [0.5, 0.6) is 0 Å². The second-order valence-corrected chi connectivity index (χ2v) is 15.6. The molecule has 0 radical (unpaired) electrons. The van der Waals surface area contributed by atoms with E-state index in [1.54, 1.807) is 6.08 Å². The monoisotopic (exact) mass is 806 g/mol. The lowest BCUT2D eigenvalue weighted by atomic mass is 9.99. The van der Waals surface area contributed by atoms with Crippen molar-refractivity contribution in [1.82, 2.24) is 5.32 Å². The Morgan fingerprint density at radius 2 is 1.09 bits per heavy atom. The first-order chi connectivity index (χ1) is 27.8. The Labute approximate surface area is 346 Å². The van der Waals surface area contributed by atoms with Crippen LogP contribution >= 0.6 is 0 Å². The van der Waals surface area contributed by atoms with Crippen LogP contribution in [0.3, 0.4) is 0 Å². The molecule has 0 aromatic rings. The maximum atomic E-state index is 13.0. The molecule has 7 N–H and O–H groups in total. The first-order valence-corrected chi connectivity index (χ1v) is 22.6. The van der Waals surface area contributed by atoms with Crippen LogP contribution < -0.4 is 5.32 Å². The maximum absolute atomic E-state index is 13.0. The number of nitrogens with one attached hydrogen (secondary N) is 1. The zero-order chi connectivity index (χ0) is 41.8. The van der Waals surface area contributed by atoms with Crippen molar-refractivity contribution in [2.45, 2.75) is 217 Å². The van der Waals surface area contributed by atoms with Crippen LogP contribution in [-0.4, -0.2) is 98.7 Å². The molecule has 1 saturated heterocycles. The molecule has 1 amide bonds. The van der Waals surface area contributed by atoms with E-state index >= 15 is 0 Å². The van der Waals surface area contributed by atoms with E-state index < -0.39 is 61.5 Å². The molecule has 1 fully saturated rings. The largest absolute Gasteiger partial charge is 0.394 e. The molecule has 8 unspecified atom stereocenters. The highest BCUT2D eigenvalue weighted by Gasteiger charge is 2.44. The number of carbonyl (C=O) groups excluding carboxylic acids is 1. The third-order valence-corrected chi connectivity index (χ3v) is 10.4. The van der Waals surface area contributed by atoms with Gasteiger partial charge in [0, 0.05) is 0 Å². The lowest BCUT2D eigenvalue weighted by Gasteiger charge is -2.40. The summed E-state index contributed by atoms with van der Waals surface area (Å²) >= 11 is 0. The number of aliphatic hydroxyl groups excluding tert-OH is 6. The summed E-state index contributed by atoms with van der Waals surface area (Å²) in [4.78, 5) is 13.0. The molecule has 10 heteroatoms. The van der Waals surface area contributed by atoms with Gasteiger partial charge in [0.05, 0.1) is 25.4 Å². The molecular formula is C47H83NO9. The molecule has 0 spiro atoms. The van der Waals surface area contributed by atoms with E-state index in [1.165, 1.54) is 64.2 Å². The van der Waals surface area contributed by atoms with Gasteiger partial charge in [0.15, 0.2) is 6.29 Å². The molecule has 1 rings (SSSR count). The second kappa shape index (κ2) is 36.9. The number of aliphatic hydroxyl groups is 6. The van der Waals surface area contributed by atoms with Gasteiger partial charge >= 0.3 is 0 Å². The Morgan fingerprint density at radius 1 is 0.614 bits per heavy atom. The summed E-state index contributed by atoms with van der Waals surface area (Å²) in [7, 11) is 0. The SMILES string of the molecule is CCCCC/C=C\C/C=C\CCCCCCCCC(O)C(=O)NC(COC1OC(CO)C(O)C(O)C1O)C(O)/C=C/CC/C=C/CC/C=C/CCCCCCCC. The first kappa shape index (κ1) is 52.9. The minimum atomic E-state index is -1.62. The zero-order valence-electron chi connectivity index (χ0n) is 35.7. The summed E-state index contributed by atoms with van der Waals surface area (Å²) < 4.78 is 11.1. The number of amides is 1. The molecule has 57 heavy (non-hydrogen) atoms. The summed E-state index contributed by atoms with van der Waals surface area (Å²) in [5, 5.41) is 64.6. The molecule has 330 valence electrons. The molecule has 1 aliphatic heterocycles. The van der Waals surface area contributed by atoms with Crippen molar-refractivity contribution in [3.63, 3.8) is 0 Å². The molecule has 0 saturated carbocycles. The van der Waals surface area contributed by atoms with Crippen molar-refractivity contribution >= 4 is 5.91 Å². The van der Waals surface area contributed by atoms with Crippen molar-refractivity contribution < 1.29 is 44.9 Å². The molecule has 8 atom stereocenters. The molecule has 1 aliphatic rings. The van der Waals surface area contributed by atoms with Gasteiger partial charge in [-0.25, -0.2) is 0 Å². The number of unbranched alkanes of at least 4 members (excludes halogenated alkanes) is 17. The highest BCUT2D eigenvalue weighted by Crippen LogP contribution is 2.22. The summed E-state index contributed by atoms with van der Waals surface area (Å²) in [5.74, 6) is -0.642. The van der Waals surface area contributed by atoms with Crippen molar-refractivity contribution in [2.75, 3.05) is 13.2 Å². The quantitative estimate of drug-likeness (QED) is 0.0244. The predicted molar refractivity (Wildman–Crippen MR) is 232 cm³/mol. The van der Waals surface area contributed by atoms with Crippen molar-refractivity contribution in [3.8, 4) is 0 Å². The second-order valence-electron chi connectivity index (χ2n) is 15.6. The molecule has 0 bridgehead atoms. The van der Waals surface area contributed by atoms with Crippen LogP contribution in [-0.2, 0) is 14.3 Å². The van der Waals surface area contributed by atoms with E-state index in [0.29, 0.717) is 12.8 Å². The average Bonchev–Trinajstić information content (AvgIpc) is 3.21. The van der Waals surface area contributed by atoms with E-state index in [-0.39, 0.29) is 13.0 Å². The highest BCUT2D eigenvalue weighted by atomic mass is 16.7. The molecule has 10 nitrogen and oxygen atoms in total. The fraction of sp³-hybridized carbons (Fsp3) is 0.766. The predicted octanol–water partition coefficient (Wildman–Crippen LogP) is 8.19. The summed E-state index contributed by atoms with van der Waals surface area (Å²) in [6.07, 6.45) is 37.3. The van der Waals surface area contributed by atoms with Gasteiger partial charge in [-0.3, -0.25) is 4.79 Å². The Kier molecular flexibility index (Phi) is 34.2. The van der Waals surface area contributed by atoms with Gasteiger partial charge in [-0.2, -0.15) is 0 Å². The number of hydrogen-bond acceptors (Lipinski definition) is 9. The van der Waals surface area contributed by atoms with Gasteiger partial charge < -0.3 is 45.4 Å². The number of hydrogen-bond donors (Lipinski definition) is 7. The zero-order valence-corrected chi connectivity index (χ0v) is 35.7. The Bertz CT molecular complexity index is 1090. The Hall–Kier alpha value is -2.15. The van der Waals surface area contributed by atoms with Gasteiger partial charge in [-0.1, -0.05) is 152 Å². The van der Waals surface area contributed by atoms with Crippen LogP contribution in [0.2, 0.25) is 0 Å². The fourth-order valence-corrected chi connectivity index (χ4v) is 6.63. The maximum Gasteiger partial charge on any atom is 0.249 e. The number of carbonyl (C=O) groups is 1. The van der Waals surface area contributed by atoms with E-state index in [0.717, 1.165) is 70.6 Å². The minimum absolute atomic E-state index is 0.286. The van der Waals surface area contributed by atoms with Crippen LogP contribution in [0.15, 0.2) is 60.8 Å². The molecule has 1 heterocycles. The van der Waals surface area contributed by atoms with E-state index in [4.69, 9.17) is 9.47 Å². The first-order valence-electron chi connectivity index (χ1n) is 22.6. The molecular weight excluding hydrogens is 723 g/mol. The van der Waals surface area contributed by atoms with Crippen molar-refractivity contribution in [1.29, 1.82) is 0 Å². The smallest absolute Gasteiger partial charge is 0.249 e. The summed E-state index contributed by atoms with van der Waals surface area (Å²) in [5.41, 5.74) is 0. The normalized spacial score (nSPS) is 22.1. The van der Waals surface area contributed by atoms with Crippen LogP contribution in [0.4, 0.5) is 0 Å². The van der Waals surface area contributed by atoms with Gasteiger partial charge in [-0.05, 0) is 77.0 Å². The van der Waals surface area contributed by atoms with Crippen LogP contribution in [0.25, 0.3) is 0 Å². The van der Waals surface area contributed by atoms with Crippen molar-refractivity contribution in [2.24, 2.45) is 0 Å². The van der Waals surface area contributed by atoms with Gasteiger partial charge in [0.25, 0.3) is 0 Å². The van der Waals surface area contributed by atoms with Gasteiger partial charge in [0.2, 0.25) is 5.91 Å². The lowest BCUT2D eigenvalue weighted by Crippen LogP contribution is -2.60. The summed E-state index contributed by atoms with van der Waals surface area (Å²) in [6, 6.07) is -1.01. The third kappa shape index (κ3) is 27.3. The van der Waals surface area contributed by atoms with Crippen LogP contribution in [0.1, 0.15) is 168 Å². The minimum Gasteiger partial charge on any atom is -0.394 e. The number of ether oxygens (including phenoxy) is 2. The van der Waals surface area contributed by atoms with E-state index in [9.17, 15) is 35.4 Å². The molecule has 0 aliphatic carbocycles. The fourth-order valence-electron chi connectivity index (χ4n) is 6.63. The standard InChI is InChI=1S/C47H83NO9/c1-3-5-7-9-11-13-15-17-19-21-23-25-27-29-31-33-35-40(50)39(38-56-47-45(54)44(53)43(52)42(37-49)57-47)48-46(55)41(51)36-34-32-30-28-26-24-22-20-18-16-14-12-10-8-6-4-2/h12,14,17-20,25,27,33,35,39-45,47,49-54H,3-11,13,15-16,21-24,26,28-32,34,36-38H2,1-2H3,(H,48,55)/b14-12-,19-17+,20-18-,27-25+,35-33+. The molecule has 0 aromatic heterocycles. The molecule has 0 aromatic carbocycles. The topological polar surface area (TPSA) is 169 Å². The van der Waals surface area contributed by atoms with E-state index in [1.807, 2.05) is 6.08 Å². The Morgan fingerprint density at radius 3 is 1.67 bits per heavy atom. The highest BCUT2D eigenvalue weighted by molar-refractivity contribution is 5.80. The average molecular weight is 806 g/mol. The number of rotatable bonds is 36. The van der Waals surface area contributed by atoms with Gasteiger partial charge in [0.1, 0.15) is 30.5 Å². The van der Waals surface area contributed by atoms with E-state index in [2.05, 4.69) is 67.8 Å². The van der Waals surface area contributed by atoms with Gasteiger partial charge in [-0.15, -0.1) is 0 Å². The van der Waals surface area contributed by atoms with Crippen LogP contribution in [0, 0.1) is 0 Å².